The number of aromatic nitrogens is 1. The number of rotatable bonds is 8. The molecule has 4 rings (SSSR count). The molecule has 11 heteroatoms. The molecule has 198 valence electrons. The molecule has 2 aromatic rings. The summed E-state index contributed by atoms with van der Waals surface area (Å²) in [5.41, 5.74) is -0.125. The number of amides is 2. The molecule has 1 saturated carbocycles. The van der Waals surface area contributed by atoms with E-state index in [1.165, 1.54) is 6.07 Å². The standard InChI is InChI=1S/C26H28ClF2N3O5/c1-26(10-8-14(9-11-26)4-7-19(33)34)31-25(37)23(35)22-21(27)20(18-3-2-12-32(18)22)24(36)30-15-5-6-16(28)17(29)13-15/h5-6,13-14H,2-4,7-12H2,1H3,(H,30,36)(H,31,37)(H,33,34)/t14-,26+. The van der Waals surface area contributed by atoms with E-state index in [9.17, 15) is 28.0 Å². The molecule has 0 bridgehead atoms. The Morgan fingerprint density at radius 1 is 1.16 bits per heavy atom. The van der Waals surface area contributed by atoms with Gasteiger partial charge in [-0.25, -0.2) is 8.78 Å². The van der Waals surface area contributed by atoms with E-state index in [0.29, 0.717) is 44.3 Å². The van der Waals surface area contributed by atoms with Crippen molar-refractivity contribution in [3.8, 4) is 0 Å². The molecule has 0 spiro atoms. The number of benzene rings is 1. The SMILES string of the molecule is C[C@]1(NC(=O)C(=O)c2c(Cl)c(C(=O)Nc3ccc(F)c(F)c3)c3n2CCC3)CC[C@@H](CCC(=O)O)CC1. The molecule has 0 unspecified atom stereocenters. The van der Waals surface area contributed by atoms with Gasteiger partial charge >= 0.3 is 5.97 Å². The summed E-state index contributed by atoms with van der Waals surface area (Å²) in [6.45, 7) is 2.26. The molecule has 0 radical (unpaired) electrons. The molecular formula is C26H28ClF2N3O5. The van der Waals surface area contributed by atoms with Crippen molar-refractivity contribution in [2.75, 3.05) is 5.32 Å². The quantitative estimate of drug-likeness (QED) is 0.334. The van der Waals surface area contributed by atoms with E-state index in [0.717, 1.165) is 25.0 Å². The summed E-state index contributed by atoms with van der Waals surface area (Å²) in [5.74, 6) is -5.11. The van der Waals surface area contributed by atoms with E-state index in [-0.39, 0.29) is 34.3 Å². The Morgan fingerprint density at radius 3 is 2.51 bits per heavy atom. The molecule has 1 aliphatic heterocycles. The number of hydrogen-bond donors (Lipinski definition) is 3. The van der Waals surface area contributed by atoms with Crippen molar-refractivity contribution in [3.05, 3.63) is 51.8 Å². The Hall–Kier alpha value is -3.27. The Bertz CT molecular complexity index is 1270. The number of fused-ring (bicyclic) bond motifs is 1. The second-order valence-corrected chi connectivity index (χ2v) is 10.4. The van der Waals surface area contributed by atoms with Crippen molar-refractivity contribution in [2.45, 2.75) is 70.4 Å². The molecule has 2 amide bonds. The van der Waals surface area contributed by atoms with E-state index < -0.39 is 40.7 Å². The number of ketones is 1. The van der Waals surface area contributed by atoms with Gasteiger partial charge in [0, 0.05) is 36.0 Å². The number of carboxylic acid groups (broad SMARTS) is 1. The molecular weight excluding hydrogens is 508 g/mol. The van der Waals surface area contributed by atoms with Crippen LogP contribution >= 0.6 is 11.6 Å². The van der Waals surface area contributed by atoms with Crippen LogP contribution in [0.1, 0.15) is 78.4 Å². The Morgan fingerprint density at radius 2 is 1.86 bits per heavy atom. The Balaban J connectivity index is 1.49. The number of Topliss-reactive ketones (excluding diaryl/α,β-unsaturated/α-hetero) is 1. The second kappa shape index (κ2) is 10.6. The zero-order valence-electron chi connectivity index (χ0n) is 20.3. The first kappa shape index (κ1) is 26.8. The number of halogens is 3. The maximum absolute atomic E-state index is 13.6. The van der Waals surface area contributed by atoms with Gasteiger partial charge in [0.1, 0.15) is 5.69 Å². The summed E-state index contributed by atoms with van der Waals surface area (Å²) in [6.07, 6.45) is 4.51. The van der Waals surface area contributed by atoms with Gasteiger partial charge in [-0.15, -0.1) is 0 Å². The number of anilines is 1. The van der Waals surface area contributed by atoms with Crippen molar-refractivity contribution in [1.29, 1.82) is 0 Å². The first-order valence-electron chi connectivity index (χ1n) is 12.2. The molecule has 8 nitrogen and oxygen atoms in total. The van der Waals surface area contributed by atoms with Crippen LogP contribution in [0.15, 0.2) is 18.2 Å². The van der Waals surface area contributed by atoms with Crippen LogP contribution < -0.4 is 10.6 Å². The summed E-state index contributed by atoms with van der Waals surface area (Å²) in [4.78, 5) is 50.1. The lowest BCUT2D eigenvalue weighted by Gasteiger charge is -2.37. The van der Waals surface area contributed by atoms with E-state index in [1.54, 1.807) is 4.57 Å². The van der Waals surface area contributed by atoms with E-state index in [1.807, 2.05) is 6.92 Å². The highest BCUT2D eigenvalue weighted by Crippen LogP contribution is 2.36. The number of nitrogens with zero attached hydrogens (tertiary/aromatic N) is 1. The van der Waals surface area contributed by atoms with E-state index in [2.05, 4.69) is 10.6 Å². The summed E-state index contributed by atoms with van der Waals surface area (Å²) in [5, 5.41) is 14.1. The topological polar surface area (TPSA) is 117 Å². The average molecular weight is 536 g/mol. The van der Waals surface area contributed by atoms with Crippen LogP contribution in [0.5, 0.6) is 0 Å². The lowest BCUT2D eigenvalue weighted by Crippen LogP contribution is -2.50. The number of aliphatic carboxylic acids is 1. The number of hydrogen-bond acceptors (Lipinski definition) is 4. The van der Waals surface area contributed by atoms with Crippen molar-refractivity contribution in [3.63, 3.8) is 0 Å². The van der Waals surface area contributed by atoms with Gasteiger partial charge in [-0.2, -0.15) is 0 Å². The molecule has 0 atom stereocenters. The first-order valence-corrected chi connectivity index (χ1v) is 12.6. The van der Waals surface area contributed by atoms with Gasteiger partial charge in [-0.1, -0.05) is 11.6 Å². The molecule has 1 aliphatic carbocycles. The third-order valence-corrected chi connectivity index (χ3v) is 7.69. The predicted molar refractivity (Wildman–Crippen MR) is 132 cm³/mol. The zero-order chi connectivity index (χ0) is 26.9. The summed E-state index contributed by atoms with van der Waals surface area (Å²) in [7, 11) is 0. The molecule has 1 aromatic heterocycles. The van der Waals surface area contributed by atoms with Gasteiger partial charge in [0.2, 0.25) is 0 Å². The van der Waals surface area contributed by atoms with Crippen LogP contribution in [-0.4, -0.2) is 38.8 Å². The molecule has 0 saturated heterocycles. The Kier molecular flexibility index (Phi) is 7.68. The smallest absolute Gasteiger partial charge is 0.303 e. The summed E-state index contributed by atoms with van der Waals surface area (Å²) in [6, 6.07) is 2.93. The Labute approximate surface area is 217 Å². The second-order valence-electron chi connectivity index (χ2n) is 10.0. The fourth-order valence-corrected chi connectivity index (χ4v) is 5.64. The van der Waals surface area contributed by atoms with E-state index in [4.69, 9.17) is 16.7 Å². The van der Waals surface area contributed by atoms with Crippen molar-refractivity contribution in [2.24, 2.45) is 5.92 Å². The van der Waals surface area contributed by atoms with Gasteiger partial charge in [0.15, 0.2) is 11.6 Å². The maximum atomic E-state index is 13.6. The van der Waals surface area contributed by atoms with Crippen LogP contribution in [0.25, 0.3) is 0 Å². The van der Waals surface area contributed by atoms with Gasteiger partial charge in [-0.3, -0.25) is 19.2 Å². The van der Waals surface area contributed by atoms with Gasteiger partial charge < -0.3 is 20.3 Å². The average Bonchev–Trinajstić information content (AvgIpc) is 3.40. The van der Waals surface area contributed by atoms with Crippen LogP contribution in [0.4, 0.5) is 14.5 Å². The minimum Gasteiger partial charge on any atom is -0.481 e. The lowest BCUT2D eigenvalue weighted by molar-refractivity contribution is -0.137. The highest BCUT2D eigenvalue weighted by molar-refractivity contribution is 6.48. The first-order chi connectivity index (χ1) is 17.5. The highest BCUT2D eigenvalue weighted by atomic mass is 35.5. The fourth-order valence-electron chi connectivity index (χ4n) is 5.26. The third kappa shape index (κ3) is 5.69. The third-order valence-electron chi connectivity index (χ3n) is 7.32. The van der Waals surface area contributed by atoms with Crippen molar-refractivity contribution < 1.29 is 33.1 Å². The monoisotopic (exact) mass is 535 g/mol. The van der Waals surface area contributed by atoms with Crippen LogP contribution in [-0.2, 0) is 22.6 Å². The number of carboxylic acids is 1. The number of carbonyl (C=O) groups is 4. The summed E-state index contributed by atoms with van der Waals surface area (Å²) >= 11 is 6.50. The molecule has 2 heterocycles. The molecule has 1 fully saturated rings. The van der Waals surface area contributed by atoms with Crippen LogP contribution in [0, 0.1) is 17.6 Å². The van der Waals surface area contributed by atoms with Gasteiger partial charge in [0.25, 0.3) is 17.6 Å². The number of carbonyl (C=O) groups excluding carboxylic acids is 3. The van der Waals surface area contributed by atoms with Crippen molar-refractivity contribution >= 4 is 40.9 Å². The lowest BCUT2D eigenvalue weighted by atomic mass is 9.76. The minimum atomic E-state index is -1.12. The van der Waals surface area contributed by atoms with Crippen LogP contribution in [0.3, 0.4) is 0 Å². The van der Waals surface area contributed by atoms with Gasteiger partial charge in [-0.05, 0) is 69.9 Å². The highest BCUT2D eigenvalue weighted by Gasteiger charge is 2.38. The molecule has 37 heavy (non-hydrogen) atoms. The molecule has 1 aromatic carbocycles. The number of nitrogens with one attached hydrogen (secondary N) is 2. The predicted octanol–water partition coefficient (Wildman–Crippen LogP) is 4.73. The molecule has 3 N–H and O–H groups in total. The van der Waals surface area contributed by atoms with Crippen LogP contribution in [0.2, 0.25) is 5.02 Å². The summed E-state index contributed by atoms with van der Waals surface area (Å²) < 4.78 is 28.4. The largest absolute Gasteiger partial charge is 0.481 e. The van der Waals surface area contributed by atoms with E-state index >= 15 is 0 Å². The molecule has 2 aliphatic rings. The van der Waals surface area contributed by atoms with Gasteiger partial charge in [0.05, 0.1) is 10.6 Å². The maximum Gasteiger partial charge on any atom is 0.303 e. The zero-order valence-corrected chi connectivity index (χ0v) is 21.1. The van der Waals surface area contributed by atoms with Crippen molar-refractivity contribution in [1.82, 2.24) is 9.88 Å². The fraction of sp³-hybridized carbons (Fsp3) is 0.462. The minimum absolute atomic E-state index is 0.0235. The normalized spacial score (nSPS) is 20.8.